The first-order valence-corrected chi connectivity index (χ1v) is 5.12. The number of carbonyl (C=O) groups excluding carboxylic acids is 1. The van der Waals surface area contributed by atoms with E-state index in [9.17, 15) is 4.79 Å². The second kappa shape index (κ2) is 6.02. The predicted molar refractivity (Wildman–Crippen MR) is 54.8 cm³/mol. The molecule has 0 aliphatic carbocycles. The number of aliphatic hydroxyl groups is 1. The quantitative estimate of drug-likeness (QED) is 0.295. The van der Waals surface area contributed by atoms with Crippen LogP contribution in [-0.4, -0.2) is 54.9 Å². The van der Waals surface area contributed by atoms with Gasteiger partial charge in [-0.05, 0) is 19.9 Å². The number of likely N-dealkylation sites (N-methyl/N-ethyl adjacent to an activating group) is 1. The summed E-state index contributed by atoms with van der Waals surface area (Å²) in [4.78, 5) is 13.1. The molecule has 1 fully saturated rings. The van der Waals surface area contributed by atoms with Crippen molar-refractivity contribution < 1.29 is 14.6 Å². The van der Waals surface area contributed by atoms with Crippen LogP contribution in [0.2, 0.25) is 0 Å². The zero-order valence-electron chi connectivity index (χ0n) is 8.98. The van der Waals surface area contributed by atoms with Crippen LogP contribution in [0.3, 0.4) is 0 Å². The molecule has 1 saturated heterocycles. The number of nitrogens with two attached hydrogens (primary N) is 1. The van der Waals surface area contributed by atoms with Crippen LogP contribution in [0, 0.1) is 0 Å². The minimum Gasteiger partial charge on any atom is -0.395 e. The zero-order valence-corrected chi connectivity index (χ0v) is 8.98. The number of rotatable bonds is 5. The van der Waals surface area contributed by atoms with Crippen molar-refractivity contribution >= 4 is 5.91 Å². The summed E-state index contributed by atoms with van der Waals surface area (Å²) >= 11 is 0. The minimum absolute atomic E-state index is 0.0591. The molecule has 4 N–H and O–H groups in total. The summed E-state index contributed by atoms with van der Waals surface area (Å²) in [6.45, 7) is 1.48. The Kier molecular flexibility index (Phi) is 4.97. The highest BCUT2D eigenvalue weighted by atomic mass is 16.5. The average molecular weight is 217 g/mol. The van der Waals surface area contributed by atoms with Crippen molar-refractivity contribution in [2.24, 2.45) is 5.84 Å². The van der Waals surface area contributed by atoms with Gasteiger partial charge in [0.1, 0.15) is 6.10 Å². The Bertz CT molecular complexity index is 213. The lowest BCUT2D eigenvalue weighted by molar-refractivity contribution is -0.132. The van der Waals surface area contributed by atoms with Crippen molar-refractivity contribution in [2.45, 2.75) is 25.0 Å². The minimum atomic E-state index is -0.414. The molecule has 0 aromatic rings. The van der Waals surface area contributed by atoms with E-state index in [0.717, 1.165) is 13.0 Å². The summed E-state index contributed by atoms with van der Waals surface area (Å²) in [5.41, 5.74) is 2.09. The Hall–Kier alpha value is -0.690. The van der Waals surface area contributed by atoms with Gasteiger partial charge in [-0.25, -0.2) is 5.84 Å². The summed E-state index contributed by atoms with van der Waals surface area (Å²) in [6, 6.07) is 0. The van der Waals surface area contributed by atoms with Crippen molar-refractivity contribution in [1.82, 2.24) is 10.3 Å². The number of amides is 1. The summed E-state index contributed by atoms with van der Waals surface area (Å²) in [5, 5.41) is 8.73. The summed E-state index contributed by atoms with van der Waals surface area (Å²) in [6.07, 6.45) is 1.21. The van der Waals surface area contributed by atoms with E-state index in [0.29, 0.717) is 13.0 Å². The van der Waals surface area contributed by atoms with Crippen LogP contribution in [0.25, 0.3) is 0 Å². The first-order chi connectivity index (χ1) is 7.17. The van der Waals surface area contributed by atoms with Gasteiger partial charge in [0.05, 0.1) is 12.7 Å². The lowest BCUT2D eigenvalue weighted by Gasteiger charge is -2.20. The fraction of sp³-hybridized carbons (Fsp3) is 0.889. The second-order valence-corrected chi connectivity index (χ2v) is 3.82. The van der Waals surface area contributed by atoms with Crippen molar-refractivity contribution in [1.29, 1.82) is 0 Å². The number of carbonyl (C=O) groups is 1. The van der Waals surface area contributed by atoms with Crippen molar-refractivity contribution in [3.8, 4) is 0 Å². The van der Waals surface area contributed by atoms with Crippen LogP contribution in [0.4, 0.5) is 0 Å². The van der Waals surface area contributed by atoms with Crippen LogP contribution < -0.4 is 11.3 Å². The lowest BCUT2D eigenvalue weighted by atomic mass is 10.2. The van der Waals surface area contributed by atoms with Crippen molar-refractivity contribution in [2.75, 3.05) is 26.7 Å². The number of ether oxygens (including phenoxy) is 1. The number of hydrogen-bond donors (Lipinski definition) is 3. The highest BCUT2D eigenvalue weighted by Crippen LogP contribution is 2.20. The Morgan fingerprint density at radius 2 is 2.40 bits per heavy atom. The zero-order chi connectivity index (χ0) is 11.3. The van der Waals surface area contributed by atoms with Crippen LogP contribution in [-0.2, 0) is 9.53 Å². The van der Waals surface area contributed by atoms with Gasteiger partial charge in [0.25, 0.3) is 5.91 Å². The van der Waals surface area contributed by atoms with Gasteiger partial charge in [-0.1, -0.05) is 0 Å². The van der Waals surface area contributed by atoms with E-state index in [1.807, 2.05) is 11.9 Å². The number of hydrogen-bond acceptors (Lipinski definition) is 5. The Labute approximate surface area is 89.3 Å². The van der Waals surface area contributed by atoms with Crippen molar-refractivity contribution in [3.63, 3.8) is 0 Å². The fourth-order valence-corrected chi connectivity index (χ4v) is 1.74. The number of aliphatic hydroxyl groups excluding tert-OH is 1. The van der Waals surface area contributed by atoms with Crippen LogP contribution >= 0.6 is 0 Å². The maximum absolute atomic E-state index is 11.2. The maximum Gasteiger partial charge on any atom is 0.263 e. The molecule has 0 spiro atoms. The average Bonchev–Trinajstić information content (AvgIpc) is 2.65. The van der Waals surface area contributed by atoms with Gasteiger partial charge in [0, 0.05) is 13.1 Å². The molecule has 6 nitrogen and oxygen atoms in total. The molecule has 1 amide bonds. The third-order valence-corrected chi connectivity index (χ3v) is 2.54. The molecule has 0 saturated carbocycles. The number of nitrogens with one attached hydrogen (secondary N) is 1. The molecule has 0 radical (unpaired) electrons. The van der Waals surface area contributed by atoms with Gasteiger partial charge in [0.15, 0.2) is 0 Å². The molecule has 15 heavy (non-hydrogen) atoms. The van der Waals surface area contributed by atoms with E-state index in [-0.39, 0.29) is 18.6 Å². The van der Waals surface area contributed by atoms with E-state index in [1.54, 1.807) is 0 Å². The molecule has 0 aromatic heterocycles. The van der Waals surface area contributed by atoms with Gasteiger partial charge in [-0.3, -0.25) is 10.2 Å². The molecule has 2 unspecified atom stereocenters. The molecule has 1 heterocycles. The molecule has 1 rings (SSSR count). The highest BCUT2D eigenvalue weighted by molar-refractivity contribution is 5.80. The molecule has 0 aromatic carbocycles. The van der Waals surface area contributed by atoms with Crippen LogP contribution in [0.1, 0.15) is 12.8 Å². The van der Waals surface area contributed by atoms with Crippen LogP contribution in [0.5, 0.6) is 0 Å². The third kappa shape index (κ3) is 3.75. The fourth-order valence-electron chi connectivity index (χ4n) is 1.74. The van der Waals surface area contributed by atoms with Gasteiger partial charge < -0.3 is 14.7 Å². The van der Waals surface area contributed by atoms with Gasteiger partial charge >= 0.3 is 0 Å². The van der Waals surface area contributed by atoms with Crippen molar-refractivity contribution in [3.05, 3.63) is 0 Å². The van der Waals surface area contributed by atoms with Gasteiger partial charge in [-0.2, -0.15) is 0 Å². The maximum atomic E-state index is 11.2. The molecule has 88 valence electrons. The SMILES string of the molecule is CN(CCO)CC1CCC(C(=O)NN)O1. The number of hydrazine groups is 1. The largest absolute Gasteiger partial charge is 0.395 e. The molecule has 2 atom stereocenters. The molecular formula is C9H19N3O3. The monoisotopic (exact) mass is 217 g/mol. The second-order valence-electron chi connectivity index (χ2n) is 3.82. The van der Waals surface area contributed by atoms with E-state index in [4.69, 9.17) is 15.7 Å². The standard InChI is InChI=1S/C9H19N3O3/c1-12(4-5-13)6-7-2-3-8(15-7)9(14)11-10/h7-8,13H,2-6,10H2,1H3,(H,11,14). The molecule has 6 heteroatoms. The Morgan fingerprint density at radius 1 is 1.67 bits per heavy atom. The molecule has 1 aliphatic heterocycles. The third-order valence-electron chi connectivity index (χ3n) is 2.54. The van der Waals surface area contributed by atoms with E-state index >= 15 is 0 Å². The smallest absolute Gasteiger partial charge is 0.263 e. The molecular weight excluding hydrogens is 198 g/mol. The van der Waals surface area contributed by atoms with Crippen LogP contribution in [0.15, 0.2) is 0 Å². The van der Waals surface area contributed by atoms with Gasteiger partial charge in [-0.15, -0.1) is 0 Å². The lowest BCUT2D eigenvalue weighted by Crippen LogP contribution is -2.40. The highest BCUT2D eigenvalue weighted by Gasteiger charge is 2.30. The normalized spacial score (nSPS) is 25.9. The van der Waals surface area contributed by atoms with E-state index in [2.05, 4.69) is 5.43 Å². The first kappa shape index (κ1) is 12.4. The Morgan fingerprint density at radius 3 is 3.00 bits per heavy atom. The topological polar surface area (TPSA) is 87.8 Å². The van der Waals surface area contributed by atoms with E-state index < -0.39 is 6.10 Å². The Balaban J connectivity index is 2.27. The summed E-state index contributed by atoms with van der Waals surface area (Å²) < 4.78 is 5.52. The first-order valence-electron chi connectivity index (χ1n) is 5.12. The predicted octanol–water partition coefficient (Wildman–Crippen LogP) is -1.55. The summed E-state index contributed by atoms with van der Waals surface area (Å²) in [7, 11) is 1.91. The molecule has 1 aliphatic rings. The van der Waals surface area contributed by atoms with E-state index in [1.165, 1.54) is 0 Å². The summed E-state index contributed by atoms with van der Waals surface area (Å²) in [5.74, 6) is 4.76. The molecule has 0 bridgehead atoms. The van der Waals surface area contributed by atoms with Gasteiger partial charge in [0.2, 0.25) is 0 Å². The number of nitrogens with zero attached hydrogens (tertiary/aromatic N) is 1.